The number of carbonyl (C=O) groups is 1. The van der Waals surface area contributed by atoms with Crippen molar-refractivity contribution >= 4 is 45.6 Å². The standard InChI is InChI=1S/C8H8O5S.Na/c9-8(10)7(14(11,12)13)6-4-2-1-3-5-6;/h1-5,7H,(H,9,10)(H,11,12,13);. The van der Waals surface area contributed by atoms with Crippen LogP contribution in [0.4, 0.5) is 0 Å². The molecule has 15 heavy (non-hydrogen) atoms. The minimum Gasteiger partial charge on any atom is -0.480 e. The van der Waals surface area contributed by atoms with Gasteiger partial charge in [-0.1, -0.05) is 30.3 Å². The normalized spacial score (nSPS) is 12.6. The molecule has 1 atom stereocenters. The summed E-state index contributed by atoms with van der Waals surface area (Å²) in [5.41, 5.74) is 0.0301. The molecule has 0 fully saturated rings. The second kappa shape index (κ2) is 5.62. The molecular weight excluding hydrogens is 231 g/mol. The van der Waals surface area contributed by atoms with Gasteiger partial charge >= 0.3 is 5.97 Å². The first-order valence-corrected chi connectivity index (χ1v) is 5.17. The number of aliphatic carboxylic acids is 1. The number of benzene rings is 1. The van der Waals surface area contributed by atoms with Crippen molar-refractivity contribution in [3.8, 4) is 0 Å². The van der Waals surface area contributed by atoms with Gasteiger partial charge in [0.15, 0.2) is 0 Å². The summed E-state index contributed by atoms with van der Waals surface area (Å²) in [7, 11) is -4.62. The average Bonchev–Trinajstić information content (AvgIpc) is 2.02. The third kappa shape index (κ3) is 3.92. The van der Waals surface area contributed by atoms with Gasteiger partial charge in [-0.2, -0.15) is 8.42 Å². The van der Waals surface area contributed by atoms with E-state index in [0.29, 0.717) is 0 Å². The molecule has 77 valence electrons. The molecule has 0 aromatic heterocycles. The first-order valence-electron chi connectivity index (χ1n) is 3.67. The molecular formula is C8H8NaO5S. The molecule has 5 nitrogen and oxygen atoms in total. The molecule has 1 radical (unpaired) electrons. The Morgan fingerprint density at radius 2 is 1.67 bits per heavy atom. The quantitative estimate of drug-likeness (QED) is 0.585. The zero-order valence-electron chi connectivity index (χ0n) is 7.99. The molecule has 0 aliphatic carbocycles. The van der Waals surface area contributed by atoms with Gasteiger partial charge in [0.2, 0.25) is 5.25 Å². The van der Waals surface area contributed by atoms with Crippen LogP contribution in [0, 0.1) is 0 Å². The van der Waals surface area contributed by atoms with Crippen LogP contribution in [-0.2, 0) is 14.9 Å². The summed E-state index contributed by atoms with van der Waals surface area (Å²) < 4.78 is 30.2. The molecule has 0 saturated heterocycles. The maximum absolute atomic E-state index is 10.7. The molecule has 7 heteroatoms. The first kappa shape index (κ1) is 14.6. The Bertz CT molecular complexity index is 428. The van der Waals surface area contributed by atoms with Crippen LogP contribution in [0.5, 0.6) is 0 Å². The van der Waals surface area contributed by atoms with Crippen LogP contribution in [0.2, 0.25) is 0 Å². The van der Waals surface area contributed by atoms with Gasteiger partial charge in [0.25, 0.3) is 10.1 Å². The molecule has 0 bridgehead atoms. The summed E-state index contributed by atoms with van der Waals surface area (Å²) in [6.07, 6.45) is 0. The summed E-state index contributed by atoms with van der Waals surface area (Å²) in [5.74, 6) is -1.60. The molecule has 2 N–H and O–H groups in total. The van der Waals surface area contributed by atoms with E-state index in [0.717, 1.165) is 0 Å². The minimum absolute atomic E-state index is 0. The second-order valence-electron chi connectivity index (χ2n) is 2.64. The van der Waals surface area contributed by atoms with E-state index < -0.39 is 21.3 Å². The van der Waals surface area contributed by atoms with Crippen molar-refractivity contribution in [2.45, 2.75) is 5.25 Å². The van der Waals surface area contributed by atoms with Crippen LogP contribution in [0.3, 0.4) is 0 Å². The molecule has 0 amide bonds. The van der Waals surface area contributed by atoms with Crippen LogP contribution in [-0.4, -0.2) is 53.6 Å². The fourth-order valence-corrected chi connectivity index (χ4v) is 1.83. The molecule has 0 heterocycles. The minimum atomic E-state index is -4.62. The Labute approximate surface area is 109 Å². The maximum atomic E-state index is 10.7. The van der Waals surface area contributed by atoms with Crippen LogP contribution >= 0.6 is 0 Å². The molecule has 0 aliphatic rings. The van der Waals surface area contributed by atoms with Gasteiger partial charge in [0.1, 0.15) is 0 Å². The second-order valence-corrected chi connectivity index (χ2v) is 4.15. The van der Waals surface area contributed by atoms with E-state index in [2.05, 4.69) is 0 Å². The van der Waals surface area contributed by atoms with Crippen LogP contribution in [0.1, 0.15) is 10.8 Å². The monoisotopic (exact) mass is 239 g/mol. The van der Waals surface area contributed by atoms with Crippen molar-refractivity contribution in [2.24, 2.45) is 0 Å². The number of hydrogen-bond donors (Lipinski definition) is 2. The maximum Gasteiger partial charge on any atom is 0.329 e. The summed E-state index contributed by atoms with van der Waals surface area (Å²) in [4.78, 5) is 10.6. The predicted molar refractivity (Wildman–Crippen MR) is 54.1 cm³/mol. The largest absolute Gasteiger partial charge is 0.480 e. The van der Waals surface area contributed by atoms with E-state index >= 15 is 0 Å². The third-order valence-corrected chi connectivity index (χ3v) is 2.69. The molecule has 0 saturated carbocycles. The summed E-state index contributed by atoms with van der Waals surface area (Å²) in [6.45, 7) is 0. The van der Waals surface area contributed by atoms with Crippen LogP contribution < -0.4 is 0 Å². The van der Waals surface area contributed by atoms with Gasteiger partial charge in [-0.3, -0.25) is 9.35 Å². The average molecular weight is 239 g/mol. The summed E-state index contributed by atoms with van der Waals surface area (Å²) in [5, 5.41) is 6.71. The smallest absolute Gasteiger partial charge is 0.329 e. The first-order chi connectivity index (χ1) is 6.43. The van der Waals surface area contributed by atoms with Crippen molar-refractivity contribution in [3.63, 3.8) is 0 Å². The van der Waals surface area contributed by atoms with Crippen molar-refractivity contribution in [3.05, 3.63) is 35.9 Å². The van der Waals surface area contributed by atoms with Gasteiger partial charge in [0, 0.05) is 29.6 Å². The summed E-state index contributed by atoms with van der Waals surface area (Å²) in [6, 6.07) is 7.26. The van der Waals surface area contributed by atoms with E-state index in [-0.39, 0.29) is 35.1 Å². The third-order valence-electron chi connectivity index (χ3n) is 1.62. The van der Waals surface area contributed by atoms with Crippen molar-refractivity contribution in [2.75, 3.05) is 0 Å². The van der Waals surface area contributed by atoms with Gasteiger partial charge in [-0.15, -0.1) is 0 Å². The zero-order chi connectivity index (χ0) is 10.8. The summed E-state index contributed by atoms with van der Waals surface area (Å²) >= 11 is 0. The molecule has 1 aromatic rings. The Kier molecular flexibility index (Phi) is 5.47. The molecule has 0 aliphatic heterocycles. The number of carboxylic acid groups (broad SMARTS) is 1. The Hall–Kier alpha value is -0.400. The van der Waals surface area contributed by atoms with Crippen LogP contribution in [0.15, 0.2) is 30.3 Å². The van der Waals surface area contributed by atoms with E-state index in [1.165, 1.54) is 24.3 Å². The Balaban J connectivity index is 0.00000196. The van der Waals surface area contributed by atoms with E-state index in [1.54, 1.807) is 6.07 Å². The SMILES string of the molecule is O=C(O)C(c1ccccc1)S(=O)(=O)O.[Na]. The molecule has 1 aromatic carbocycles. The van der Waals surface area contributed by atoms with Crippen LogP contribution in [0.25, 0.3) is 0 Å². The fraction of sp³-hybridized carbons (Fsp3) is 0.125. The number of hydrogen-bond acceptors (Lipinski definition) is 3. The van der Waals surface area contributed by atoms with E-state index in [9.17, 15) is 13.2 Å². The van der Waals surface area contributed by atoms with Gasteiger partial charge < -0.3 is 5.11 Å². The van der Waals surface area contributed by atoms with Crippen molar-refractivity contribution in [1.29, 1.82) is 0 Å². The zero-order valence-corrected chi connectivity index (χ0v) is 10.8. The number of rotatable bonds is 3. The van der Waals surface area contributed by atoms with Gasteiger partial charge in [0.05, 0.1) is 0 Å². The van der Waals surface area contributed by atoms with Gasteiger partial charge in [-0.05, 0) is 5.56 Å². The Morgan fingerprint density at radius 1 is 1.20 bits per heavy atom. The Morgan fingerprint density at radius 3 is 2.00 bits per heavy atom. The van der Waals surface area contributed by atoms with Crippen molar-refractivity contribution in [1.82, 2.24) is 0 Å². The fourth-order valence-electron chi connectivity index (χ4n) is 1.07. The number of carboxylic acids is 1. The van der Waals surface area contributed by atoms with E-state index in [4.69, 9.17) is 9.66 Å². The molecule has 0 spiro atoms. The molecule has 1 unspecified atom stereocenters. The van der Waals surface area contributed by atoms with Crippen molar-refractivity contribution < 1.29 is 22.9 Å². The molecule has 1 rings (SSSR count). The predicted octanol–water partition coefficient (Wildman–Crippen LogP) is 0.319. The van der Waals surface area contributed by atoms with E-state index in [1.807, 2.05) is 0 Å². The topological polar surface area (TPSA) is 91.7 Å². The van der Waals surface area contributed by atoms with Gasteiger partial charge in [-0.25, -0.2) is 0 Å².